The Hall–Kier alpha value is -2.28. The minimum Gasteiger partial charge on any atom is -0.384 e. The van der Waals surface area contributed by atoms with Crippen LogP contribution in [0.1, 0.15) is 12.0 Å². The summed E-state index contributed by atoms with van der Waals surface area (Å²) in [5, 5.41) is 4.99. The van der Waals surface area contributed by atoms with Gasteiger partial charge < -0.3 is 10.6 Å². The van der Waals surface area contributed by atoms with E-state index in [-0.39, 0.29) is 29.4 Å². The second-order valence-corrected chi connectivity index (χ2v) is 5.36. The highest BCUT2D eigenvalue weighted by molar-refractivity contribution is 6.30. The summed E-state index contributed by atoms with van der Waals surface area (Å²) in [6, 6.07) is 8.67. The van der Waals surface area contributed by atoms with Gasteiger partial charge in [0.05, 0.1) is 5.56 Å². The minimum atomic E-state index is -4.56. The Kier molecular flexibility index (Phi) is 5.66. The van der Waals surface area contributed by atoms with Crippen LogP contribution in [0.15, 0.2) is 42.5 Å². The van der Waals surface area contributed by atoms with Gasteiger partial charge in [-0.2, -0.15) is 13.2 Å². The van der Waals surface area contributed by atoms with Gasteiger partial charge in [0, 0.05) is 29.4 Å². The van der Waals surface area contributed by atoms with Crippen molar-refractivity contribution in [1.29, 1.82) is 0 Å². The lowest BCUT2D eigenvalue weighted by Gasteiger charge is -2.15. The van der Waals surface area contributed by atoms with E-state index in [2.05, 4.69) is 10.6 Å². The van der Waals surface area contributed by atoms with Crippen LogP contribution in [-0.2, 0) is 11.0 Å². The molecule has 0 saturated carbocycles. The van der Waals surface area contributed by atoms with Crippen molar-refractivity contribution in [1.82, 2.24) is 0 Å². The molecule has 128 valence electrons. The summed E-state index contributed by atoms with van der Waals surface area (Å²) in [4.78, 5) is 11.7. The monoisotopic (exact) mass is 360 g/mol. The van der Waals surface area contributed by atoms with Crippen LogP contribution in [0, 0.1) is 5.82 Å². The Balaban J connectivity index is 1.93. The number of carbonyl (C=O) groups excluding carboxylic acids is 1. The number of amides is 1. The standard InChI is InChI=1S/C16H13ClF4N2O/c17-10-4-5-14(13(8-10)16(19,20)21)22-7-6-15(24)23-12-3-1-2-11(18)9-12/h1-5,8-9,22H,6-7H2,(H,23,24). The zero-order valence-electron chi connectivity index (χ0n) is 12.3. The minimum absolute atomic E-state index is 0.0220. The summed E-state index contributed by atoms with van der Waals surface area (Å²) in [5.74, 6) is -0.947. The molecule has 0 aromatic heterocycles. The highest BCUT2D eigenvalue weighted by atomic mass is 35.5. The Bertz CT molecular complexity index is 734. The van der Waals surface area contributed by atoms with Crippen LogP contribution in [0.3, 0.4) is 0 Å². The maximum atomic E-state index is 13.0. The normalized spacial score (nSPS) is 11.2. The predicted molar refractivity (Wildman–Crippen MR) is 84.6 cm³/mol. The first-order chi connectivity index (χ1) is 11.3. The number of rotatable bonds is 5. The summed E-state index contributed by atoms with van der Waals surface area (Å²) in [6.07, 6.45) is -4.65. The van der Waals surface area contributed by atoms with Crippen molar-refractivity contribution in [2.45, 2.75) is 12.6 Å². The summed E-state index contributed by atoms with van der Waals surface area (Å²) in [6.45, 7) is -0.0220. The number of hydrogen-bond acceptors (Lipinski definition) is 2. The first kappa shape index (κ1) is 18.1. The molecule has 0 unspecified atom stereocenters. The highest BCUT2D eigenvalue weighted by Crippen LogP contribution is 2.36. The molecule has 0 spiro atoms. The SMILES string of the molecule is O=C(CCNc1ccc(Cl)cc1C(F)(F)F)Nc1cccc(F)c1. The molecular weight excluding hydrogens is 348 g/mol. The van der Waals surface area contributed by atoms with Gasteiger partial charge in [0.1, 0.15) is 5.82 Å². The molecule has 0 radical (unpaired) electrons. The maximum absolute atomic E-state index is 13.0. The first-order valence-corrected chi connectivity index (χ1v) is 7.29. The zero-order valence-corrected chi connectivity index (χ0v) is 13.0. The van der Waals surface area contributed by atoms with Gasteiger partial charge >= 0.3 is 6.18 Å². The molecule has 0 bridgehead atoms. The number of hydrogen-bond donors (Lipinski definition) is 2. The smallest absolute Gasteiger partial charge is 0.384 e. The summed E-state index contributed by atoms with van der Waals surface area (Å²) in [5.41, 5.74) is -0.784. The highest BCUT2D eigenvalue weighted by Gasteiger charge is 2.33. The third-order valence-electron chi connectivity index (χ3n) is 3.06. The van der Waals surface area contributed by atoms with Gasteiger partial charge in [-0.25, -0.2) is 4.39 Å². The van der Waals surface area contributed by atoms with Crippen LogP contribution in [-0.4, -0.2) is 12.5 Å². The van der Waals surface area contributed by atoms with E-state index in [1.165, 1.54) is 30.3 Å². The van der Waals surface area contributed by atoms with E-state index in [1.54, 1.807) is 0 Å². The quantitative estimate of drug-likeness (QED) is 0.742. The molecule has 0 fully saturated rings. The maximum Gasteiger partial charge on any atom is 0.418 e. The largest absolute Gasteiger partial charge is 0.418 e. The van der Waals surface area contributed by atoms with Crippen molar-refractivity contribution in [3.63, 3.8) is 0 Å². The zero-order chi connectivity index (χ0) is 17.7. The van der Waals surface area contributed by atoms with E-state index in [0.717, 1.165) is 12.1 Å². The average molecular weight is 361 g/mol. The fourth-order valence-electron chi connectivity index (χ4n) is 2.01. The number of nitrogens with one attached hydrogen (secondary N) is 2. The summed E-state index contributed by atoms with van der Waals surface area (Å²) in [7, 11) is 0. The van der Waals surface area contributed by atoms with Crippen molar-refractivity contribution in [2.24, 2.45) is 0 Å². The Labute approximate surface area is 140 Å². The molecule has 2 rings (SSSR count). The van der Waals surface area contributed by atoms with Crippen LogP contribution < -0.4 is 10.6 Å². The van der Waals surface area contributed by atoms with Gasteiger partial charge in [0.25, 0.3) is 0 Å². The lowest BCUT2D eigenvalue weighted by Crippen LogP contribution is -2.18. The fourth-order valence-corrected chi connectivity index (χ4v) is 2.18. The van der Waals surface area contributed by atoms with Crippen LogP contribution in [0.4, 0.5) is 28.9 Å². The van der Waals surface area contributed by atoms with E-state index in [9.17, 15) is 22.4 Å². The second kappa shape index (κ2) is 7.53. The van der Waals surface area contributed by atoms with E-state index < -0.39 is 23.5 Å². The molecule has 2 N–H and O–H groups in total. The number of halogens is 5. The van der Waals surface area contributed by atoms with Crippen LogP contribution in [0.2, 0.25) is 5.02 Å². The van der Waals surface area contributed by atoms with Gasteiger partial charge in [-0.15, -0.1) is 0 Å². The third-order valence-corrected chi connectivity index (χ3v) is 3.30. The molecule has 0 saturated heterocycles. The Morgan fingerprint density at radius 2 is 1.88 bits per heavy atom. The lowest BCUT2D eigenvalue weighted by molar-refractivity contribution is -0.137. The number of anilines is 2. The summed E-state index contributed by atoms with van der Waals surface area (Å²) >= 11 is 5.59. The number of benzene rings is 2. The molecular formula is C16H13ClF4N2O. The van der Waals surface area contributed by atoms with Crippen molar-refractivity contribution in [2.75, 3.05) is 17.2 Å². The van der Waals surface area contributed by atoms with Crippen LogP contribution in [0.5, 0.6) is 0 Å². The molecule has 8 heteroatoms. The average Bonchev–Trinajstić information content (AvgIpc) is 2.47. The van der Waals surface area contributed by atoms with E-state index >= 15 is 0 Å². The van der Waals surface area contributed by atoms with E-state index in [4.69, 9.17) is 11.6 Å². The van der Waals surface area contributed by atoms with E-state index in [0.29, 0.717) is 0 Å². The Morgan fingerprint density at radius 3 is 2.54 bits per heavy atom. The van der Waals surface area contributed by atoms with E-state index in [1.807, 2.05) is 0 Å². The first-order valence-electron chi connectivity index (χ1n) is 6.92. The molecule has 2 aromatic carbocycles. The molecule has 2 aromatic rings. The molecule has 1 amide bonds. The Morgan fingerprint density at radius 1 is 1.12 bits per heavy atom. The van der Waals surface area contributed by atoms with Gasteiger partial charge in [-0.1, -0.05) is 17.7 Å². The number of carbonyl (C=O) groups is 1. The molecule has 24 heavy (non-hydrogen) atoms. The van der Waals surface area contributed by atoms with Gasteiger partial charge in [0.15, 0.2) is 0 Å². The van der Waals surface area contributed by atoms with Gasteiger partial charge in [-0.3, -0.25) is 4.79 Å². The molecule has 3 nitrogen and oxygen atoms in total. The van der Waals surface area contributed by atoms with Gasteiger partial charge in [0.2, 0.25) is 5.91 Å². The number of alkyl halides is 3. The van der Waals surface area contributed by atoms with Crippen molar-refractivity contribution < 1.29 is 22.4 Å². The van der Waals surface area contributed by atoms with Crippen LogP contribution >= 0.6 is 11.6 Å². The third kappa shape index (κ3) is 5.13. The predicted octanol–water partition coefficient (Wildman–Crippen LogP) is 4.94. The molecule has 0 aliphatic heterocycles. The van der Waals surface area contributed by atoms with Crippen molar-refractivity contribution >= 4 is 28.9 Å². The fraction of sp³-hybridized carbons (Fsp3) is 0.188. The summed E-state index contributed by atoms with van der Waals surface area (Å²) < 4.78 is 51.8. The molecule has 0 atom stereocenters. The lowest BCUT2D eigenvalue weighted by atomic mass is 10.1. The molecule has 0 aliphatic carbocycles. The molecule has 0 aliphatic rings. The second-order valence-electron chi connectivity index (χ2n) is 4.92. The topological polar surface area (TPSA) is 41.1 Å². The van der Waals surface area contributed by atoms with Crippen LogP contribution in [0.25, 0.3) is 0 Å². The van der Waals surface area contributed by atoms with Crippen molar-refractivity contribution in [3.05, 3.63) is 58.9 Å². The van der Waals surface area contributed by atoms with Gasteiger partial charge in [-0.05, 0) is 36.4 Å². The molecule has 0 heterocycles. The van der Waals surface area contributed by atoms with Crippen molar-refractivity contribution in [3.8, 4) is 0 Å².